The SMILES string of the molecule is Cc1cccc(-n2c(-c3ccc(-n4c5ccccc5c5ccccc54)nc3)nnc2-c2cc(-n3c4ccccc4c4ccccc43)ccn2)c1. The van der Waals surface area contributed by atoms with Crippen LogP contribution in [-0.2, 0) is 0 Å². The van der Waals surface area contributed by atoms with Crippen molar-refractivity contribution in [3.63, 3.8) is 0 Å². The lowest BCUT2D eigenvalue weighted by molar-refractivity contribution is 1.04. The molecule has 0 saturated heterocycles. The molecule has 0 radical (unpaired) electrons. The van der Waals surface area contributed by atoms with E-state index in [1.54, 1.807) is 0 Å². The van der Waals surface area contributed by atoms with Gasteiger partial charge in [0.2, 0.25) is 0 Å². The molecule has 0 saturated carbocycles. The lowest BCUT2D eigenvalue weighted by atomic mass is 10.2. The number of aromatic nitrogens is 7. The van der Waals surface area contributed by atoms with Gasteiger partial charge < -0.3 is 4.57 Å². The van der Waals surface area contributed by atoms with Crippen LogP contribution in [0.4, 0.5) is 0 Å². The van der Waals surface area contributed by atoms with Crippen molar-refractivity contribution in [3.05, 3.63) is 164 Å². The molecule has 0 aliphatic heterocycles. The third-order valence-corrected chi connectivity index (χ3v) is 9.55. The van der Waals surface area contributed by atoms with E-state index < -0.39 is 0 Å². The summed E-state index contributed by atoms with van der Waals surface area (Å²) in [5.74, 6) is 2.18. The lowest BCUT2D eigenvalue weighted by Gasteiger charge is -2.13. The van der Waals surface area contributed by atoms with Crippen LogP contribution in [0.25, 0.3) is 83.7 Å². The van der Waals surface area contributed by atoms with Crippen molar-refractivity contribution in [1.29, 1.82) is 0 Å². The molecule has 5 heterocycles. The summed E-state index contributed by atoms with van der Waals surface area (Å²) in [7, 11) is 0. The van der Waals surface area contributed by atoms with Crippen LogP contribution in [0.15, 0.2) is 158 Å². The number of fused-ring (bicyclic) bond motifs is 6. The highest BCUT2D eigenvalue weighted by atomic mass is 15.3. The van der Waals surface area contributed by atoms with Crippen molar-refractivity contribution in [3.8, 4) is 40.1 Å². The lowest BCUT2D eigenvalue weighted by Crippen LogP contribution is -2.03. The molecule has 0 N–H and O–H groups in total. The second-order valence-electron chi connectivity index (χ2n) is 12.6. The Bertz CT molecular complexity index is 2780. The van der Waals surface area contributed by atoms with Gasteiger partial charge in [0.1, 0.15) is 11.5 Å². The molecule has 10 rings (SSSR count). The second-order valence-corrected chi connectivity index (χ2v) is 12.6. The Morgan fingerprint density at radius 1 is 0.440 bits per heavy atom. The maximum absolute atomic E-state index is 5.00. The third-order valence-electron chi connectivity index (χ3n) is 9.55. The number of benzene rings is 5. The first-order valence-electron chi connectivity index (χ1n) is 16.7. The van der Waals surface area contributed by atoms with Gasteiger partial charge in [0.25, 0.3) is 0 Å². The first kappa shape index (κ1) is 28.2. The smallest absolute Gasteiger partial charge is 0.187 e. The topological polar surface area (TPSA) is 66.3 Å². The molecule has 0 aliphatic carbocycles. The maximum atomic E-state index is 5.00. The first-order valence-corrected chi connectivity index (χ1v) is 16.7. The molecule has 236 valence electrons. The zero-order valence-electron chi connectivity index (χ0n) is 27.1. The molecule has 0 unspecified atom stereocenters. The van der Waals surface area contributed by atoms with Crippen molar-refractivity contribution >= 4 is 43.6 Å². The number of rotatable bonds is 5. The summed E-state index contributed by atoms with van der Waals surface area (Å²) < 4.78 is 6.60. The van der Waals surface area contributed by atoms with E-state index in [9.17, 15) is 0 Å². The van der Waals surface area contributed by atoms with E-state index in [-0.39, 0.29) is 0 Å². The summed E-state index contributed by atoms with van der Waals surface area (Å²) in [6, 6.07) is 50.6. The molecule has 10 aromatic rings. The zero-order valence-corrected chi connectivity index (χ0v) is 27.1. The Morgan fingerprint density at radius 2 is 1.00 bits per heavy atom. The molecule has 7 nitrogen and oxygen atoms in total. The average Bonchev–Trinajstić information content (AvgIpc) is 3.86. The number of hydrogen-bond acceptors (Lipinski definition) is 4. The quantitative estimate of drug-likeness (QED) is 0.187. The van der Waals surface area contributed by atoms with E-state index >= 15 is 0 Å². The van der Waals surface area contributed by atoms with E-state index in [0.717, 1.165) is 56.1 Å². The fourth-order valence-corrected chi connectivity index (χ4v) is 7.35. The molecule has 7 heteroatoms. The summed E-state index contributed by atoms with van der Waals surface area (Å²) in [4.78, 5) is 9.85. The minimum Gasteiger partial charge on any atom is -0.309 e. The largest absolute Gasteiger partial charge is 0.309 e. The summed E-state index contributed by atoms with van der Waals surface area (Å²) in [5.41, 5.74) is 9.19. The van der Waals surface area contributed by atoms with Crippen LogP contribution in [0.1, 0.15) is 5.56 Å². The highest BCUT2D eigenvalue weighted by Gasteiger charge is 2.21. The van der Waals surface area contributed by atoms with Crippen LogP contribution in [0.2, 0.25) is 0 Å². The monoisotopic (exact) mass is 643 g/mol. The standard InChI is InChI=1S/C43H29N7/c1-28-11-10-12-30(25-28)49-42(29-21-22-41(45-27-29)50-39-19-8-4-15-34(39)35-16-5-9-20-40(35)50)46-47-43(49)36-26-31(23-24-44-36)48-37-17-6-2-13-32(37)33-14-3-7-18-38(33)48/h2-27H,1H3. The molecule has 0 bridgehead atoms. The number of pyridine rings is 2. The van der Waals surface area contributed by atoms with E-state index in [2.05, 4.69) is 160 Å². The van der Waals surface area contributed by atoms with Crippen molar-refractivity contribution in [2.75, 3.05) is 0 Å². The zero-order chi connectivity index (χ0) is 33.2. The molecule has 0 atom stereocenters. The predicted octanol–water partition coefficient (Wildman–Crippen LogP) is 9.89. The normalized spacial score (nSPS) is 11.7. The van der Waals surface area contributed by atoms with Gasteiger partial charge in [-0.15, -0.1) is 10.2 Å². The minimum atomic E-state index is 0.652. The second kappa shape index (κ2) is 11.1. The fourth-order valence-electron chi connectivity index (χ4n) is 7.35. The Balaban J connectivity index is 1.13. The summed E-state index contributed by atoms with van der Waals surface area (Å²) in [5, 5.41) is 14.4. The number of aryl methyl sites for hydroxylation is 1. The van der Waals surface area contributed by atoms with Gasteiger partial charge in [-0.05, 0) is 73.2 Å². The molecule has 5 aromatic heterocycles. The molecular formula is C43H29N7. The van der Waals surface area contributed by atoms with Gasteiger partial charge in [0, 0.05) is 50.9 Å². The van der Waals surface area contributed by atoms with Crippen molar-refractivity contribution in [2.24, 2.45) is 0 Å². The Kier molecular flexibility index (Phi) is 6.26. The minimum absolute atomic E-state index is 0.652. The van der Waals surface area contributed by atoms with Crippen LogP contribution < -0.4 is 0 Å². The molecule has 0 amide bonds. The maximum Gasteiger partial charge on any atom is 0.187 e. The van der Waals surface area contributed by atoms with Crippen molar-refractivity contribution in [2.45, 2.75) is 6.92 Å². The molecular weight excluding hydrogens is 615 g/mol. The summed E-state index contributed by atoms with van der Waals surface area (Å²) >= 11 is 0. The van der Waals surface area contributed by atoms with Crippen LogP contribution in [-0.4, -0.2) is 33.9 Å². The van der Waals surface area contributed by atoms with Crippen molar-refractivity contribution < 1.29 is 0 Å². The van der Waals surface area contributed by atoms with Gasteiger partial charge in [-0.25, -0.2) is 4.98 Å². The van der Waals surface area contributed by atoms with Gasteiger partial charge in [0.15, 0.2) is 11.6 Å². The predicted molar refractivity (Wildman–Crippen MR) is 201 cm³/mol. The van der Waals surface area contributed by atoms with Crippen molar-refractivity contribution in [1.82, 2.24) is 33.9 Å². The van der Waals surface area contributed by atoms with Crippen LogP contribution >= 0.6 is 0 Å². The van der Waals surface area contributed by atoms with E-state index in [4.69, 9.17) is 20.2 Å². The fraction of sp³-hybridized carbons (Fsp3) is 0.0233. The van der Waals surface area contributed by atoms with Gasteiger partial charge in [-0.1, -0.05) is 84.9 Å². The van der Waals surface area contributed by atoms with Gasteiger partial charge in [-0.2, -0.15) is 0 Å². The number of hydrogen-bond donors (Lipinski definition) is 0. The molecule has 50 heavy (non-hydrogen) atoms. The molecule has 0 fully saturated rings. The summed E-state index contributed by atoms with van der Waals surface area (Å²) in [6.07, 6.45) is 3.74. The van der Waals surface area contributed by atoms with Gasteiger partial charge >= 0.3 is 0 Å². The first-order chi connectivity index (χ1) is 24.7. The Morgan fingerprint density at radius 3 is 1.58 bits per heavy atom. The molecule has 0 aliphatic rings. The van der Waals surface area contributed by atoms with Crippen LogP contribution in [0.5, 0.6) is 0 Å². The van der Waals surface area contributed by atoms with E-state index in [0.29, 0.717) is 11.6 Å². The summed E-state index contributed by atoms with van der Waals surface area (Å²) in [6.45, 7) is 2.09. The van der Waals surface area contributed by atoms with E-state index in [1.807, 2.05) is 18.5 Å². The van der Waals surface area contributed by atoms with Gasteiger partial charge in [-0.3, -0.25) is 14.1 Å². The highest BCUT2D eigenvalue weighted by Crippen LogP contribution is 2.35. The highest BCUT2D eigenvalue weighted by molar-refractivity contribution is 6.10. The molecule has 5 aromatic carbocycles. The van der Waals surface area contributed by atoms with Crippen LogP contribution in [0.3, 0.4) is 0 Å². The number of para-hydroxylation sites is 4. The van der Waals surface area contributed by atoms with Gasteiger partial charge in [0.05, 0.1) is 22.1 Å². The van der Waals surface area contributed by atoms with Crippen LogP contribution in [0, 0.1) is 6.92 Å². The Hall–Kier alpha value is -6.86. The average molecular weight is 644 g/mol. The Labute approximate surface area is 287 Å². The number of nitrogens with zero attached hydrogens (tertiary/aromatic N) is 7. The third kappa shape index (κ3) is 4.30. The van der Waals surface area contributed by atoms with E-state index in [1.165, 1.54) is 21.5 Å². The molecule has 0 spiro atoms.